The minimum atomic E-state index is -0.814. The number of carboxylic acid groups (broad SMARTS) is 1. The van der Waals surface area contributed by atoms with E-state index in [2.05, 4.69) is 32.6 Å². The van der Waals surface area contributed by atoms with Crippen LogP contribution in [0.4, 0.5) is 0 Å². The van der Waals surface area contributed by atoms with Gasteiger partial charge in [0.25, 0.3) is 0 Å². The number of carboxylic acids is 1. The summed E-state index contributed by atoms with van der Waals surface area (Å²) in [7, 11) is 0. The Bertz CT molecular complexity index is 263. The highest BCUT2D eigenvalue weighted by Gasteiger charge is 2.30. The van der Waals surface area contributed by atoms with Crippen molar-refractivity contribution in [3.8, 4) is 0 Å². The zero-order valence-electron chi connectivity index (χ0n) is 11.9. The van der Waals surface area contributed by atoms with Crippen LogP contribution in [0, 0.1) is 0 Å². The summed E-state index contributed by atoms with van der Waals surface area (Å²) in [4.78, 5) is 13.3. The van der Waals surface area contributed by atoms with Crippen LogP contribution in [-0.4, -0.2) is 34.6 Å². The summed E-state index contributed by atoms with van der Waals surface area (Å²) in [6.07, 6.45) is 4.79. The van der Waals surface area contributed by atoms with E-state index in [1.807, 2.05) is 6.08 Å². The molecule has 0 aliphatic heterocycles. The Hall–Kier alpha value is -0.830. The molecule has 0 aromatic rings. The molecule has 0 aliphatic rings. The number of rotatable bonds is 8. The van der Waals surface area contributed by atoms with Crippen molar-refractivity contribution >= 4 is 5.97 Å². The minimum Gasteiger partial charge on any atom is -0.478 e. The second-order valence-electron chi connectivity index (χ2n) is 4.50. The Morgan fingerprint density at radius 2 is 1.65 bits per heavy atom. The Kier molecular flexibility index (Phi) is 7.12. The van der Waals surface area contributed by atoms with E-state index in [4.69, 9.17) is 5.11 Å². The van der Waals surface area contributed by atoms with Gasteiger partial charge >= 0.3 is 5.97 Å². The normalized spacial score (nSPS) is 13.2. The molecule has 0 saturated heterocycles. The zero-order chi connectivity index (χ0) is 13.5. The molecule has 0 radical (unpaired) electrons. The van der Waals surface area contributed by atoms with Gasteiger partial charge in [0.1, 0.15) is 0 Å². The van der Waals surface area contributed by atoms with E-state index < -0.39 is 5.97 Å². The van der Waals surface area contributed by atoms with Crippen molar-refractivity contribution in [1.29, 1.82) is 0 Å². The van der Waals surface area contributed by atoms with Crippen LogP contribution in [0.25, 0.3) is 0 Å². The average molecular weight is 241 g/mol. The molecule has 3 heteroatoms. The molecule has 0 fully saturated rings. The molecule has 0 heterocycles. The molecule has 0 amide bonds. The van der Waals surface area contributed by atoms with Crippen LogP contribution in [0.15, 0.2) is 11.6 Å². The van der Waals surface area contributed by atoms with Crippen LogP contribution >= 0.6 is 0 Å². The fourth-order valence-corrected chi connectivity index (χ4v) is 2.44. The van der Waals surface area contributed by atoms with E-state index in [0.29, 0.717) is 5.57 Å². The fraction of sp³-hybridized carbons (Fsp3) is 0.786. The summed E-state index contributed by atoms with van der Waals surface area (Å²) in [6.45, 7) is 12.4. The summed E-state index contributed by atoms with van der Waals surface area (Å²) in [5.41, 5.74) is 0.559. The first kappa shape index (κ1) is 16.2. The number of hydrogen-bond acceptors (Lipinski definition) is 2. The van der Waals surface area contributed by atoms with Crippen LogP contribution < -0.4 is 0 Å². The molecule has 0 aromatic carbocycles. The SMILES string of the molecule is CCN(CC)C(CC)(CC)CC=C(C)C(=O)O. The molecule has 0 spiro atoms. The van der Waals surface area contributed by atoms with Gasteiger partial charge in [-0.2, -0.15) is 0 Å². The number of aliphatic carboxylic acids is 1. The Morgan fingerprint density at radius 1 is 1.18 bits per heavy atom. The predicted octanol–water partition coefficient (Wildman–Crippen LogP) is 3.31. The van der Waals surface area contributed by atoms with Crippen LogP contribution in [0.2, 0.25) is 0 Å². The maximum absolute atomic E-state index is 10.8. The first-order valence-electron chi connectivity index (χ1n) is 6.62. The zero-order valence-corrected chi connectivity index (χ0v) is 11.9. The van der Waals surface area contributed by atoms with Gasteiger partial charge in [0.2, 0.25) is 0 Å². The van der Waals surface area contributed by atoms with Gasteiger partial charge in [-0.05, 0) is 39.3 Å². The summed E-state index contributed by atoms with van der Waals surface area (Å²) in [5, 5.41) is 8.90. The van der Waals surface area contributed by atoms with E-state index in [-0.39, 0.29) is 5.54 Å². The molecule has 0 saturated carbocycles. The number of hydrogen-bond donors (Lipinski definition) is 1. The number of nitrogens with zero attached hydrogens (tertiary/aromatic N) is 1. The highest BCUT2D eigenvalue weighted by molar-refractivity contribution is 5.85. The fourth-order valence-electron chi connectivity index (χ4n) is 2.44. The maximum atomic E-state index is 10.8. The summed E-state index contributed by atoms with van der Waals surface area (Å²) < 4.78 is 0. The van der Waals surface area contributed by atoms with Gasteiger partial charge in [0, 0.05) is 11.1 Å². The first-order chi connectivity index (χ1) is 7.97. The lowest BCUT2D eigenvalue weighted by molar-refractivity contribution is -0.132. The van der Waals surface area contributed by atoms with Crippen molar-refractivity contribution in [1.82, 2.24) is 4.90 Å². The first-order valence-corrected chi connectivity index (χ1v) is 6.62. The molecule has 0 atom stereocenters. The van der Waals surface area contributed by atoms with Gasteiger partial charge in [-0.1, -0.05) is 33.8 Å². The lowest BCUT2D eigenvalue weighted by Crippen LogP contribution is -2.47. The van der Waals surface area contributed by atoms with Gasteiger partial charge in [0.05, 0.1) is 0 Å². The largest absolute Gasteiger partial charge is 0.478 e. The Morgan fingerprint density at radius 3 is 1.94 bits per heavy atom. The van der Waals surface area contributed by atoms with E-state index in [0.717, 1.165) is 32.4 Å². The van der Waals surface area contributed by atoms with E-state index in [9.17, 15) is 4.79 Å². The molecule has 0 rings (SSSR count). The van der Waals surface area contributed by atoms with Crippen LogP contribution in [0.5, 0.6) is 0 Å². The quantitative estimate of drug-likeness (QED) is 0.663. The van der Waals surface area contributed by atoms with Crippen molar-refractivity contribution in [3.05, 3.63) is 11.6 Å². The van der Waals surface area contributed by atoms with Crippen molar-refractivity contribution in [2.24, 2.45) is 0 Å². The van der Waals surface area contributed by atoms with Gasteiger partial charge < -0.3 is 5.11 Å². The minimum absolute atomic E-state index is 0.111. The molecular weight excluding hydrogens is 214 g/mol. The Balaban J connectivity index is 4.95. The van der Waals surface area contributed by atoms with Crippen LogP contribution in [0.3, 0.4) is 0 Å². The molecule has 100 valence electrons. The van der Waals surface area contributed by atoms with Gasteiger partial charge in [0.15, 0.2) is 0 Å². The highest BCUT2D eigenvalue weighted by atomic mass is 16.4. The second-order valence-corrected chi connectivity index (χ2v) is 4.50. The van der Waals surface area contributed by atoms with Crippen molar-refractivity contribution in [2.45, 2.75) is 59.4 Å². The topological polar surface area (TPSA) is 40.5 Å². The molecule has 3 nitrogen and oxygen atoms in total. The third-order valence-corrected chi connectivity index (χ3v) is 3.88. The van der Waals surface area contributed by atoms with Gasteiger partial charge in [-0.25, -0.2) is 4.79 Å². The third-order valence-electron chi connectivity index (χ3n) is 3.88. The predicted molar refractivity (Wildman–Crippen MR) is 72.2 cm³/mol. The molecule has 1 N–H and O–H groups in total. The van der Waals surface area contributed by atoms with Gasteiger partial charge in [-0.15, -0.1) is 0 Å². The summed E-state index contributed by atoms with van der Waals surface area (Å²) >= 11 is 0. The summed E-state index contributed by atoms with van der Waals surface area (Å²) in [6, 6.07) is 0. The lowest BCUT2D eigenvalue weighted by atomic mass is 9.86. The number of carbonyl (C=O) groups is 1. The third kappa shape index (κ3) is 4.15. The second kappa shape index (κ2) is 7.49. The molecule has 17 heavy (non-hydrogen) atoms. The molecular formula is C14H27NO2. The summed E-state index contributed by atoms with van der Waals surface area (Å²) in [5.74, 6) is -0.814. The van der Waals surface area contributed by atoms with E-state index >= 15 is 0 Å². The van der Waals surface area contributed by atoms with Crippen LogP contribution in [-0.2, 0) is 4.79 Å². The molecule has 0 aliphatic carbocycles. The Labute approximate surface area is 106 Å². The lowest BCUT2D eigenvalue weighted by Gasteiger charge is -2.42. The molecule has 0 bridgehead atoms. The standard InChI is InChI=1S/C14H27NO2/c1-6-14(7-2,15(8-3)9-4)11-10-12(5)13(16)17/h10H,6-9,11H2,1-5H3,(H,16,17). The van der Waals surface area contributed by atoms with Crippen molar-refractivity contribution in [3.63, 3.8) is 0 Å². The smallest absolute Gasteiger partial charge is 0.330 e. The van der Waals surface area contributed by atoms with Crippen molar-refractivity contribution < 1.29 is 9.90 Å². The maximum Gasteiger partial charge on any atom is 0.330 e. The molecule has 0 aromatic heterocycles. The van der Waals surface area contributed by atoms with Crippen molar-refractivity contribution in [2.75, 3.05) is 13.1 Å². The van der Waals surface area contributed by atoms with E-state index in [1.54, 1.807) is 6.92 Å². The average Bonchev–Trinajstić information content (AvgIpc) is 2.34. The molecule has 0 unspecified atom stereocenters. The van der Waals surface area contributed by atoms with Gasteiger partial charge in [-0.3, -0.25) is 4.90 Å². The highest BCUT2D eigenvalue weighted by Crippen LogP contribution is 2.28. The monoisotopic (exact) mass is 241 g/mol. The van der Waals surface area contributed by atoms with E-state index in [1.165, 1.54) is 0 Å². The van der Waals surface area contributed by atoms with Crippen LogP contribution in [0.1, 0.15) is 53.9 Å².